The molecule has 0 amide bonds. The molecular formula is C26H23N4OP. The molecule has 5 nitrogen and oxygen atoms in total. The summed E-state index contributed by atoms with van der Waals surface area (Å²) in [7, 11) is -2.68. The Morgan fingerprint density at radius 2 is 1.28 bits per heavy atom. The first-order valence-electron chi connectivity index (χ1n) is 10.4. The smallest absolute Gasteiger partial charge is 0.186 e. The molecule has 2 aromatic heterocycles. The van der Waals surface area contributed by atoms with Gasteiger partial charge in [0.05, 0.1) is 17.1 Å². The van der Waals surface area contributed by atoms with Crippen LogP contribution in [0.25, 0.3) is 39.5 Å². The minimum atomic E-state index is -2.68. The fourth-order valence-electron chi connectivity index (χ4n) is 3.76. The first kappa shape index (κ1) is 20.2. The molecule has 32 heavy (non-hydrogen) atoms. The van der Waals surface area contributed by atoms with Crippen molar-refractivity contribution in [1.82, 2.24) is 19.3 Å². The third kappa shape index (κ3) is 3.83. The van der Waals surface area contributed by atoms with Crippen LogP contribution in [0, 0.1) is 0 Å². The monoisotopic (exact) mass is 438 g/mol. The molecule has 0 N–H and O–H groups in total. The average Bonchev–Trinajstić information content (AvgIpc) is 3.46. The van der Waals surface area contributed by atoms with Gasteiger partial charge in [-0.15, -0.1) is 0 Å². The molecular weight excluding hydrogens is 415 g/mol. The van der Waals surface area contributed by atoms with Gasteiger partial charge >= 0.3 is 0 Å². The summed E-state index contributed by atoms with van der Waals surface area (Å²) in [5.74, 6) is 0. The summed E-state index contributed by atoms with van der Waals surface area (Å²) in [5.41, 5.74) is 6.26. The van der Waals surface area contributed by atoms with Gasteiger partial charge in [-0.3, -0.25) is 4.57 Å². The van der Waals surface area contributed by atoms with Gasteiger partial charge in [-0.2, -0.15) is 10.2 Å². The van der Waals surface area contributed by atoms with Crippen LogP contribution in [0.5, 0.6) is 0 Å². The standard InChI is InChI=1S/C26H23N4OP/c1-32(2,31)30-25(20-12-6-3-7-13-20)18-24(27-30)23-19-29(22-16-10-5-11-17-22)28-26(23)21-14-8-4-9-15-21/h3-19H,1-2H3. The third-order valence-electron chi connectivity index (χ3n) is 5.28. The van der Waals surface area contributed by atoms with Crippen LogP contribution >= 0.6 is 7.29 Å². The van der Waals surface area contributed by atoms with Crippen LogP contribution in [0.4, 0.5) is 0 Å². The highest BCUT2D eigenvalue weighted by Gasteiger charge is 2.23. The lowest BCUT2D eigenvalue weighted by molar-refractivity contribution is 0.572. The molecule has 3 aromatic carbocycles. The summed E-state index contributed by atoms with van der Waals surface area (Å²) in [6, 6.07) is 32.0. The number of hydrogen-bond donors (Lipinski definition) is 0. The summed E-state index contributed by atoms with van der Waals surface area (Å²) in [5, 5.41) is 9.72. The van der Waals surface area contributed by atoms with E-state index in [1.165, 1.54) is 0 Å². The van der Waals surface area contributed by atoms with Crippen molar-refractivity contribution in [2.75, 3.05) is 13.3 Å². The summed E-state index contributed by atoms with van der Waals surface area (Å²) in [4.78, 5) is 0. The van der Waals surface area contributed by atoms with Gasteiger partial charge < -0.3 is 0 Å². The molecule has 0 aliphatic carbocycles. The fraction of sp³-hybridized carbons (Fsp3) is 0.0769. The van der Waals surface area contributed by atoms with Crippen LogP contribution in [-0.2, 0) is 4.57 Å². The summed E-state index contributed by atoms with van der Waals surface area (Å²) in [6.07, 6.45) is 2.00. The summed E-state index contributed by atoms with van der Waals surface area (Å²) < 4.78 is 16.7. The zero-order chi connectivity index (χ0) is 22.1. The molecule has 0 unspecified atom stereocenters. The fourth-order valence-corrected chi connectivity index (χ4v) is 4.77. The maximum atomic E-state index is 13.1. The topological polar surface area (TPSA) is 52.7 Å². The average molecular weight is 438 g/mol. The lowest BCUT2D eigenvalue weighted by Crippen LogP contribution is -1.99. The molecule has 6 heteroatoms. The van der Waals surface area contributed by atoms with Crippen LogP contribution < -0.4 is 0 Å². The van der Waals surface area contributed by atoms with Crippen molar-refractivity contribution in [2.24, 2.45) is 0 Å². The quantitative estimate of drug-likeness (QED) is 0.296. The van der Waals surface area contributed by atoms with Gasteiger partial charge in [0.1, 0.15) is 5.69 Å². The number of para-hydroxylation sites is 1. The Balaban J connectivity index is 1.73. The zero-order valence-electron chi connectivity index (χ0n) is 18.0. The van der Waals surface area contributed by atoms with E-state index in [1.54, 1.807) is 17.8 Å². The second kappa shape index (κ2) is 8.10. The van der Waals surface area contributed by atoms with Crippen molar-refractivity contribution < 1.29 is 4.57 Å². The third-order valence-corrected chi connectivity index (χ3v) is 6.49. The highest BCUT2D eigenvalue weighted by Crippen LogP contribution is 2.44. The van der Waals surface area contributed by atoms with Crippen molar-refractivity contribution in [3.63, 3.8) is 0 Å². The van der Waals surface area contributed by atoms with Gasteiger partial charge in [0, 0.05) is 36.2 Å². The first-order valence-corrected chi connectivity index (χ1v) is 13.0. The lowest BCUT2D eigenvalue weighted by atomic mass is 10.1. The highest BCUT2D eigenvalue weighted by atomic mass is 31.2. The Bertz CT molecular complexity index is 1400. The van der Waals surface area contributed by atoms with Gasteiger partial charge in [0.25, 0.3) is 0 Å². The maximum absolute atomic E-state index is 13.1. The van der Waals surface area contributed by atoms with E-state index >= 15 is 0 Å². The second-order valence-corrected chi connectivity index (χ2v) is 11.0. The predicted molar refractivity (Wildman–Crippen MR) is 131 cm³/mol. The van der Waals surface area contributed by atoms with Gasteiger partial charge in [0.15, 0.2) is 7.29 Å². The Kier molecular flexibility index (Phi) is 5.12. The molecule has 0 saturated carbocycles. The number of nitrogens with zero attached hydrogens (tertiary/aromatic N) is 4. The molecule has 5 aromatic rings. The van der Waals surface area contributed by atoms with E-state index in [1.807, 2.05) is 108 Å². The Hall–Kier alpha value is -3.69. The summed E-state index contributed by atoms with van der Waals surface area (Å²) in [6.45, 7) is 3.48. The molecule has 0 spiro atoms. The van der Waals surface area contributed by atoms with Crippen LogP contribution in [0.15, 0.2) is 103 Å². The van der Waals surface area contributed by atoms with Crippen molar-refractivity contribution in [3.05, 3.63) is 103 Å². The number of benzene rings is 3. The first-order chi connectivity index (χ1) is 15.5. The van der Waals surface area contributed by atoms with Gasteiger partial charge in [-0.05, 0) is 18.2 Å². The lowest BCUT2D eigenvalue weighted by Gasteiger charge is -2.11. The van der Waals surface area contributed by atoms with Crippen LogP contribution in [0.1, 0.15) is 0 Å². The van der Waals surface area contributed by atoms with E-state index in [9.17, 15) is 4.57 Å². The molecule has 0 saturated heterocycles. The molecule has 0 radical (unpaired) electrons. The van der Waals surface area contributed by atoms with E-state index in [0.29, 0.717) is 0 Å². The van der Waals surface area contributed by atoms with Crippen LogP contribution in [0.2, 0.25) is 0 Å². The minimum absolute atomic E-state index is 0.744. The maximum Gasteiger partial charge on any atom is 0.186 e. The number of hydrogen-bond acceptors (Lipinski definition) is 3. The predicted octanol–water partition coefficient (Wildman–Crippen LogP) is 6.46. The van der Waals surface area contributed by atoms with Crippen molar-refractivity contribution >= 4 is 7.29 Å². The molecule has 5 rings (SSSR count). The number of aromatic nitrogens is 4. The molecule has 0 aliphatic heterocycles. The van der Waals surface area contributed by atoms with Crippen molar-refractivity contribution in [2.45, 2.75) is 0 Å². The van der Waals surface area contributed by atoms with Crippen molar-refractivity contribution in [1.29, 1.82) is 0 Å². The van der Waals surface area contributed by atoms with Gasteiger partial charge in [0.2, 0.25) is 0 Å². The Morgan fingerprint density at radius 1 is 0.719 bits per heavy atom. The molecule has 0 bridgehead atoms. The van der Waals surface area contributed by atoms with E-state index in [2.05, 4.69) is 0 Å². The van der Waals surface area contributed by atoms with Crippen LogP contribution in [0.3, 0.4) is 0 Å². The second-order valence-electron chi connectivity index (χ2n) is 8.00. The van der Waals surface area contributed by atoms with E-state index in [0.717, 1.165) is 39.5 Å². The Labute approximate surface area is 187 Å². The zero-order valence-corrected chi connectivity index (χ0v) is 18.9. The van der Waals surface area contributed by atoms with E-state index in [4.69, 9.17) is 10.2 Å². The van der Waals surface area contributed by atoms with Crippen LogP contribution in [-0.4, -0.2) is 32.7 Å². The molecule has 0 atom stereocenters. The van der Waals surface area contributed by atoms with Gasteiger partial charge in [-0.1, -0.05) is 78.9 Å². The minimum Gasteiger partial charge on any atom is -0.299 e. The Morgan fingerprint density at radius 3 is 1.88 bits per heavy atom. The normalized spacial score (nSPS) is 11.6. The molecule has 158 valence electrons. The highest BCUT2D eigenvalue weighted by molar-refractivity contribution is 7.60. The molecule has 0 fully saturated rings. The largest absolute Gasteiger partial charge is 0.299 e. The summed E-state index contributed by atoms with van der Waals surface area (Å²) >= 11 is 0. The van der Waals surface area contributed by atoms with E-state index in [-0.39, 0.29) is 0 Å². The number of rotatable bonds is 5. The van der Waals surface area contributed by atoms with E-state index < -0.39 is 7.29 Å². The molecule has 0 aliphatic rings. The van der Waals surface area contributed by atoms with Gasteiger partial charge in [-0.25, -0.2) is 9.13 Å². The molecule has 2 heterocycles. The van der Waals surface area contributed by atoms with Crippen molar-refractivity contribution in [3.8, 4) is 39.5 Å². The SMILES string of the molecule is CP(C)(=O)n1nc(-c2cn(-c3ccccc3)nc2-c2ccccc2)cc1-c1ccccc1.